The van der Waals surface area contributed by atoms with Crippen LogP contribution >= 0.6 is 0 Å². The molecule has 0 amide bonds. The van der Waals surface area contributed by atoms with Gasteiger partial charge in [0.2, 0.25) is 0 Å². The highest BCUT2D eigenvalue weighted by atomic mass is 16.6. The zero-order valence-electron chi connectivity index (χ0n) is 11.9. The molecule has 1 aliphatic rings. The molecule has 0 bridgehead atoms. The Balaban J connectivity index is 2.14. The summed E-state index contributed by atoms with van der Waals surface area (Å²) in [6.45, 7) is 2.69. The second-order valence-electron chi connectivity index (χ2n) is 5.23. The van der Waals surface area contributed by atoms with Gasteiger partial charge in [-0.15, -0.1) is 0 Å². The number of ether oxygens (including phenoxy) is 1. The smallest absolute Gasteiger partial charge is 0.275 e. The fraction of sp³-hybridized carbons (Fsp3) is 0.600. The van der Waals surface area contributed by atoms with Gasteiger partial charge in [0.25, 0.3) is 5.69 Å². The first kappa shape index (κ1) is 14.6. The van der Waals surface area contributed by atoms with Crippen LogP contribution in [0.4, 0.5) is 11.4 Å². The second kappa shape index (κ2) is 7.12. The molecule has 1 fully saturated rings. The van der Waals surface area contributed by atoms with Crippen LogP contribution < -0.4 is 10.1 Å². The van der Waals surface area contributed by atoms with Gasteiger partial charge in [0.1, 0.15) is 5.75 Å². The van der Waals surface area contributed by atoms with E-state index >= 15 is 0 Å². The maximum atomic E-state index is 11.0. The van der Waals surface area contributed by atoms with Gasteiger partial charge >= 0.3 is 0 Å². The predicted octanol–water partition coefficient (Wildman–Crippen LogP) is 4.13. The predicted molar refractivity (Wildman–Crippen MR) is 79.4 cm³/mol. The second-order valence-corrected chi connectivity index (χ2v) is 5.23. The number of benzene rings is 1. The van der Waals surface area contributed by atoms with Crippen LogP contribution in [0.5, 0.6) is 5.75 Å². The number of anilines is 1. The van der Waals surface area contributed by atoms with E-state index in [4.69, 9.17) is 4.74 Å². The molecule has 1 aromatic carbocycles. The average Bonchev–Trinajstić information content (AvgIpc) is 2.67. The summed E-state index contributed by atoms with van der Waals surface area (Å²) >= 11 is 0. The van der Waals surface area contributed by atoms with Crippen molar-refractivity contribution in [1.82, 2.24) is 0 Å². The minimum absolute atomic E-state index is 0.0760. The van der Waals surface area contributed by atoms with Gasteiger partial charge in [-0.1, -0.05) is 12.8 Å². The van der Waals surface area contributed by atoms with Gasteiger partial charge in [0.15, 0.2) is 0 Å². The number of nitrogens with one attached hydrogen (secondary N) is 1. The zero-order chi connectivity index (χ0) is 14.4. The quantitative estimate of drug-likeness (QED) is 0.499. The average molecular weight is 278 g/mol. The lowest BCUT2D eigenvalue weighted by Crippen LogP contribution is -2.15. The van der Waals surface area contributed by atoms with Crippen molar-refractivity contribution in [3.8, 4) is 5.75 Å². The third-order valence-corrected chi connectivity index (χ3v) is 3.59. The van der Waals surface area contributed by atoms with Gasteiger partial charge in [-0.05, 0) is 32.6 Å². The Bertz CT molecular complexity index is 454. The molecule has 0 aromatic heterocycles. The van der Waals surface area contributed by atoms with Crippen LogP contribution in [0.2, 0.25) is 0 Å². The van der Waals surface area contributed by atoms with Crippen molar-refractivity contribution in [2.45, 2.75) is 51.6 Å². The number of nitrogens with zero attached hydrogens (tertiary/aromatic N) is 1. The minimum Gasteiger partial charge on any atom is -0.490 e. The summed E-state index contributed by atoms with van der Waals surface area (Å²) < 4.78 is 5.97. The van der Waals surface area contributed by atoms with E-state index in [-0.39, 0.29) is 16.7 Å². The number of non-ortho nitro benzene ring substituents is 1. The molecule has 110 valence electrons. The number of hydrogen-bond donors (Lipinski definition) is 1. The third-order valence-electron chi connectivity index (χ3n) is 3.59. The van der Waals surface area contributed by atoms with Gasteiger partial charge in [0.05, 0.1) is 17.1 Å². The Morgan fingerprint density at radius 3 is 2.55 bits per heavy atom. The van der Waals surface area contributed by atoms with E-state index in [0.717, 1.165) is 25.1 Å². The SMILES string of the molecule is CCNc1cc(OC2CCCCCC2)cc([N+](=O)[O-])c1. The topological polar surface area (TPSA) is 64.4 Å². The molecule has 1 N–H and O–H groups in total. The molecule has 0 spiro atoms. The molecule has 5 nitrogen and oxygen atoms in total. The Labute approximate surface area is 119 Å². The van der Waals surface area contributed by atoms with Crippen LogP contribution in [-0.2, 0) is 0 Å². The fourth-order valence-electron chi connectivity index (χ4n) is 2.62. The van der Waals surface area contributed by atoms with E-state index in [1.54, 1.807) is 6.07 Å². The van der Waals surface area contributed by atoms with Gasteiger partial charge in [-0.2, -0.15) is 0 Å². The highest BCUT2D eigenvalue weighted by Crippen LogP contribution is 2.29. The summed E-state index contributed by atoms with van der Waals surface area (Å²) in [5, 5.41) is 14.1. The van der Waals surface area contributed by atoms with Crippen LogP contribution in [0.3, 0.4) is 0 Å². The largest absolute Gasteiger partial charge is 0.490 e. The molecular weight excluding hydrogens is 256 g/mol. The highest BCUT2D eigenvalue weighted by molar-refractivity contribution is 5.56. The van der Waals surface area contributed by atoms with E-state index in [9.17, 15) is 10.1 Å². The molecule has 1 aromatic rings. The van der Waals surface area contributed by atoms with Crippen LogP contribution in [0.1, 0.15) is 45.4 Å². The van der Waals surface area contributed by atoms with Crippen molar-refractivity contribution in [2.24, 2.45) is 0 Å². The molecule has 5 heteroatoms. The number of rotatable bonds is 5. The summed E-state index contributed by atoms with van der Waals surface area (Å²) in [6.07, 6.45) is 7.15. The van der Waals surface area contributed by atoms with Gasteiger partial charge in [0, 0.05) is 24.4 Å². The molecule has 2 rings (SSSR count). The zero-order valence-corrected chi connectivity index (χ0v) is 11.9. The lowest BCUT2D eigenvalue weighted by molar-refractivity contribution is -0.384. The molecule has 0 atom stereocenters. The van der Waals surface area contributed by atoms with Crippen molar-refractivity contribution in [1.29, 1.82) is 0 Å². The summed E-state index contributed by atoms with van der Waals surface area (Å²) in [6, 6.07) is 4.91. The summed E-state index contributed by atoms with van der Waals surface area (Å²) in [5.74, 6) is 0.599. The van der Waals surface area contributed by atoms with Crippen LogP contribution in [0, 0.1) is 10.1 Å². The maximum absolute atomic E-state index is 11.0. The molecule has 0 radical (unpaired) electrons. The first-order valence-corrected chi connectivity index (χ1v) is 7.39. The van der Waals surface area contributed by atoms with Gasteiger partial charge < -0.3 is 10.1 Å². The van der Waals surface area contributed by atoms with Crippen molar-refractivity contribution in [3.63, 3.8) is 0 Å². The first-order chi connectivity index (χ1) is 9.69. The van der Waals surface area contributed by atoms with Gasteiger partial charge in [-0.25, -0.2) is 0 Å². The van der Waals surface area contributed by atoms with Crippen molar-refractivity contribution >= 4 is 11.4 Å². The van der Waals surface area contributed by atoms with Crippen molar-refractivity contribution < 1.29 is 9.66 Å². The summed E-state index contributed by atoms with van der Waals surface area (Å²) in [7, 11) is 0. The lowest BCUT2D eigenvalue weighted by Gasteiger charge is -2.17. The normalized spacial score (nSPS) is 16.4. The van der Waals surface area contributed by atoms with E-state index in [1.165, 1.54) is 31.7 Å². The minimum atomic E-state index is -0.374. The molecule has 0 unspecified atom stereocenters. The number of nitro groups is 1. The van der Waals surface area contributed by atoms with E-state index in [1.807, 2.05) is 13.0 Å². The molecule has 1 saturated carbocycles. The van der Waals surface area contributed by atoms with Crippen molar-refractivity contribution in [3.05, 3.63) is 28.3 Å². The third kappa shape index (κ3) is 4.11. The standard InChI is InChI=1S/C15H22N2O3/c1-2-16-12-9-13(17(18)19)11-15(10-12)20-14-7-5-3-4-6-8-14/h9-11,14,16H,2-8H2,1H3. The Morgan fingerprint density at radius 2 is 1.95 bits per heavy atom. The van der Waals surface area contributed by atoms with Crippen molar-refractivity contribution in [2.75, 3.05) is 11.9 Å². The van der Waals surface area contributed by atoms with Gasteiger partial charge in [-0.3, -0.25) is 10.1 Å². The molecule has 0 saturated heterocycles. The van der Waals surface area contributed by atoms with E-state index in [0.29, 0.717) is 5.75 Å². The lowest BCUT2D eigenvalue weighted by atomic mass is 10.1. The van der Waals surface area contributed by atoms with Crippen LogP contribution in [0.25, 0.3) is 0 Å². The molecular formula is C15H22N2O3. The maximum Gasteiger partial charge on any atom is 0.275 e. The molecule has 20 heavy (non-hydrogen) atoms. The fourth-order valence-corrected chi connectivity index (χ4v) is 2.62. The monoisotopic (exact) mass is 278 g/mol. The molecule has 0 heterocycles. The van der Waals surface area contributed by atoms with Crippen LogP contribution in [0.15, 0.2) is 18.2 Å². The highest BCUT2D eigenvalue weighted by Gasteiger charge is 2.16. The summed E-state index contributed by atoms with van der Waals surface area (Å²) in [4.78, 5) is 10.6. The summed E-state index contributed by atoms with van der Waals surface area (Å²) in [5.41, 5.74) is 0.817. The van der Waals surface area contributed by atoms with E-state index in [2.05, 4.69) is 5.32 Å². The van der Waals surface area contributed by atoms with E-state index < -0.39 is 0 Å². The number of nitro benzene ring substituents is 1. The Morgan fingerprint density at radius 1 is 1.25 bits per heavy atom. The molecule has 0 aliphatic heterocycles. The van der Waals surface area contributed by atoms with Crippen LogP contribution in [-0.4, -0.2) is 17.6 Å². The Kier molecular flexibility index (Phi) is 5.21. The number of hydrogen-bond acceptors (Lipinski definition) is 4. The Hall–Kier alpha value is -1.78. The first-order valence-electron chi connectivity index (χ1n) is 7.39. The molecule has 1 aliphatic carbocycles.